The molecule has 6 nitrogen and oxygen atoms in total. The monoisotopic (exact) mass is 278 g/mol. The van der Waals surface area contributed by atoms with Crippen LogP contribution in [0.25, 0.3) is 0 Å². The molecule has 0 heterocycles. The number of anilines is 1. The number of carbonyl (C=O) groups excluding carboxylic acids is 1. The highest BCUT2D eigenvalue weighted by Gasteiger charge is 2.50. The Kier molecular flexibility index (Phi) is 3.83. The Balaban J connectivity index is 1.96. The molecular formula is C14H18N2O4. The van der Waals surface area contributed by atoms with E-state index in [9.17, 15) is 9.59 Å². The Morgan fingerprint density at radius 2 is 2.15 bits per heavy atom. The number of carbonyl (C=O) groups is 2. The molecule has 0 atom stereocenters. The molecule has 0 bridgehead atoms. The zero-order valence-electron chi connectivity index (χ0n) is 11.5. The number of ether oxygens (including phenoxy) is 1. The van der Waals surface area contributed by atoms with Gasteiger partial charge in [-0.3, -0.25) is 9.69 Å². The Hall–Kier alpha value is -2.24. The van der Waals surface area contributed by atoms with Crippen molar-refractivity contribution < 1.29 is 19.4 Å². The predicted molar refractivity (Wildman–Crippen MR) is 74.1 cm³/mol. The van der Waals surface area contributed by atoms with Gasteiger partial charge >= 0.3 is 12.0 Å². The van der Waals surface area contributed by atoms with Crippen LogP contribution in [0.4, 0.5) is 10.5 Å². The average molecular weight is 278 g/mol. The van der Waals surface area contributed by atoms with E-state index in [0.717, 1.165) is 0 Å². The SMILES string of the molecule is COc1cccc(N(C)C(=O)NCC2(C(=O)O)CC2)c1. The highest BCUT2D eigenvalue weighted by Crippen LogP contribution is 2.45. The van der Waals surface area contributed by atoms with E-state index >= 15 is 0 Å². The van der Waals surface area contributed by atoms with E-state index in [1.807, 2.05) is 0 Å². The number of aliphatic carboxylic acids is 1. The molecule has 1 aliphatic carbocycles. The molecule has 1 fully saturated rings. The Morgan fingerprint density at radius 1 is 1.45 bits per heavy atom. The second-order valence-electron chi connectivity index (χ2n) is 5.00. The van der Waals surface area contributed by atoms with E-state index in [4.69, 9.17) is 9.84 Å². The first-order valence-corrected chi connectivity index (χ1v) is 6.37. The van der Waals surface area contributed by atoms with E-state index < -0.39 is 11.4 Å². The number of carboxylic acid groups (broad SMARTS) is 1. The molecule has 108 valence electrons. The summed E-state index contributed by atoms with van der Waals surface area (Å²) >= 11 is 0. The minimum Gasteiger partial charge on any atom is -0.497 e. The molecule has 1 aliphatic rings. The van der Waals surface area contributed by atoms with Gasteiger partial charge < -0.3 is 15.2 Å². The van der Waals surface area contributed by atoms with Crippen molar-refractivity contribution >= 4 is 17.7 Å². The molecule has 2 N–H and O–H groups in total. The van der Waals surface area contributed by atoms with Gasteiger partial charge in [0.1, 0.15) is 5.75 Å². The summed E-state index contributed by atoms with van der Waals surface area (Å²) in [6.07, 6.45) is 1.23. The van der Waals surface area contributed by atoms with Gasteiger partial charge in [-0.25, -0.2) is 4.79 Å². The molecule has 0 spiro atoms. The first-order valence-electron chi connectivity index (χ1n) is 6.37. The highest BCUT2D eigenvalue weighted by atomic mass is 16.5. The first-order chi connectivity index (χ1) is 9.48. The normalized spacial score (nSPS) is 15.3. The second-order valence-corrected chi connectivity index (χ2v) is 5.00. The number of benzene rings is 1. The van der Waals surface area contributed by atoms with Crippen molar-refractivity contribution in [2.75, 3.05) is 25.6 Å². The summed E-state index contributed by atoms with van der Waals surface area (Å²) in [4.78, 5) is 24.5. The molecular weight excluding hydrogens is 260 g/mol. The topological polar surface area (TPSA) is 78.9 Å². The summed E-state index contributed by atoms with van der Waals surface area (Å²) in [6, 6.07) is 6.78. The minimum atomic E-state index is -0.846. The van der Waals surface area contributed by atoms with Gasteiger partial charge in [0.05, 0.1) is 12.5 Å². The van der Waals surface area contributed by atoms with Crippen LogP contribution in [-0.2, 0) is 4.79 Å². The van der Waals surface area contributed by atoms with Crippen molar-refractivity contribution in [3.8, 4) is 5.75 Å². The number of hydrogen-bond donors (Lipinski definition) is 2. The third-order valence-corrected chi connectivity index (χ3v) is 3.63. The zero-order valence-corrected chi connectivity index (χ0v) is 11.5. The maximum atomic E-state index is 12.0. The summed E-state index contributed by atoms with van der Waals surface area (Å²) in [7, 11) is 3.19. The predicted octanol–water partition coefficient (Wildman–Crippen LogP) is 1.71. The number of nitrogens with zero attached hydrogens (tertiary/aromatic N) is 1. The standard InChI is InChI=1S/C14H18N2O4/c1-16(10-4-3-5-11(8-10)20-2)13(19)15-9-14(6-7-14)12(17)18/h3-5,8H,6-7,9H2,1-2H3,(H,15,19)(H,17,18). The fourth-order valence-electron chi connectivity index (χ4n) is 1.92. The molecule has 0 aromatic heterocycles. The van der Waals surface area contributed by atoms with Crippen molar-refractivity contribution in [3.63, 3.8) is 0 Å². The number of urea groups is 1. The van der Waals surface area contributed by atoms with E-state index in [0.29, 0.717) is 24.3 Å². The lowest BCUT2D eigenvalue weighted by molar-refractivity contribution is -0.143. The van der Waals surface area contributed by atoms with Crippen LogP contribution in [0.2, 0.25) is 0 Å². The van der Waals surface area contributed by atoms with Crippen LogP contribution in [0, 0.1) is 5.41 Å². The number of nitrogens with one attached hydrogen (secondary N) is 1. The average Bonchev–Trinajstić information content (AvgIpc) is 3.25. The van der Waals surface area contributed by atoms with Gasteiger partial charge in [-0.2, -0.15) is 0 Å². The number of hydrogen-bond acceptors (Lipinski definition) is 3. The van der Waals surface area contributed by atoms with E-state index in [-0.39, 0.29) is 12.6 Å². The van der Waals surface area contributed by atoms with Crippen molar-refractivity contribution in [1.82, 2.24) is 5.32 Å². The van der Waals surface area contributed by atoms with Crippen LogP contribution in [0.5, 0.6) is 5.75 Å². The number of carboxylic acids is 1. The van der Waals surface area contributed by atoms with Gasteiger partial charge in [0.2, 0.25) is 0 Å². The van der Waals surface area contributed by atoms with E-state index in [2.05, 4.69) is 5.32 Å². The van der Waals surface area contributed by atoms with Gasteiger partial charge in [-0.1, -0.05) is 6.07 Å². The smallest absolute Gasteiger partial charge is 0.321 e. The van der Waals surface area contributed by atoms with Crippen LogP contribution in [0.1, 0.15) is 12.8 Å². The van der Waals surface area contributed by atoms with Crippen LogP contribution in [0.3, 0.4) is 0 Å². The lowest BCUT2D eigenvalue weighted by Gasteiger charge is -2.20. The molecule has 1 aromatic carbocycles. The molecule has 1 saturated carbocycles. The van der Waals surface area contributed by atoms with Crippen molar-refractivity contribution in [2.45, 2.75) is 12.8 Å². The molecule has 2 amide bonds. The third kappa shape index (κ3) is 2.84. The van der Waals surface area contributed by atoms with Crippen molar-refractivity contribution in [3.05, 3.63) is 24.3 Å². The molecule has 1 aromatic rings. The quantitative estimate of drug-likeness (QED) is 0.859. The second kappa shape index (κ2) is 5.40. The van der Waals surface area contributed by atoms with Gasteiger partial charge in [-0.15, -0.1) is 0 Å². The molecule has 0 unspecified atom stereocenters. The lowest BCUT2D eigenvalue weighted by Crippen LogP contribution is -2.41. The van der Waals surface area contributed by atoms with E-state index in [1.54, 1.807) is 38.4 Å². The van der Waals surface area contributed by atoms with Crippen LogP contribution in [-0.4, -0.2) is 37.8 Å². The lowest BCUT2D eigenvalue weighted by atomic mass is 10.1. The Bertz CT molecular complexity index is 526. The summed E-state index contributed by atoms with van der Waals surface area (Å²) < 4.78 is 5.10. The van der Waals surface area contributed by atoms with E-state index in [1.165, 1.54) is 4.90 Å². The third-order valence-electron chi connectivity index (χ3n) is 3.63. The summed E-state index contributed by atoms with van der Waals surface area (Å²) in [5.74, 6) is -0.187. The summed E-state index contributed by atoms with van der Waals surface area (Å²) in [6.45, 7) is 0.162. The molecule has 0 aliphatic heterocycles. The Labute approximate surface area is 117 Å². The van der Waals surface area contributed by atoms with Crippen LogP contribution < -0.4 is 15.0 Å². The fourth-order valence-corrected chi connectivity index (χ4v) is 1.92. The fraction of sp³-hybridized carbons (Fsp3) is 0.429. The molecule has 2 rings (SSSR count). The molecule has 0 saturated heterocycles. The largest absolute Gasteiger partial charge is 0.497 e. The number of amides is 2. The van der Waals surface area contributed by atoms with Gasteiger partial charge in [-0.05, 0) is 25.0 Å². The highest BCUT2D eigenvalue weighted by molar-refractivity contribution is 5.92. The zero-order chi connectivity index (χ0) is 14.8. The van der Waals surface area contributed by atoms with Crippen LogP contribution in [0.15, 0.2) is 24.3 Å². The van der Waals surface area contributed by atoms with Crippen molar-refractivity contribution in [1.29, 1.82) is 0 Å². The van der Waals surface area contributed by atoms with Crippen molar-refractivity contribution in [2.24, 2.45) is 5.41 Å². The number of methoxy groups -OCH3 is 1. The molecule has 6 heteroatoms. The van der Waals surface area contributed by atoms with Gasteiger partial charge in [0.25, 0.3) is 0 Å². The van der Waals surface area contributed by atoms with Gasteiger partial charge in [0.15, 0.2) is 0 Å². The summed E-state index contributed by atoms with van der Waals surface area (Å²) in [5, 5.41) is 11.7. The number of rotatable bonds is 5. The first kappa shape index (κ1) is 14.2. The molecule has 0 radical (unpaired) electrons. The maximum Gasteiger partial charge on any atom is 0.321 e. The minimum absolute atomic E-state index is 0.162. The molecule has 20 heavy (non-hydrogen) atoms. The van der Waals surface area contributed by atoms with Crippen LogP contribution >= 0.6 is 0 Å². The summed E-state index contributed by atoms with van der Waals surface area (Å²) in [5.41, 5.74) is -0.0766. The Morgan fingerprint density at radius 3 is 2.70 bits per heavy atom. The van der Waals surface area contributed by atoms with Gasteiger partial charge in [0, 0.05) is 25.3 Å². The maximum absolute atomic E-state index is 12.0.